The maximum atomic E-state index is 5.27. The van der Waals surface area contributed by atoms with Crippen LogP contribution in [0.4, 0.5) is 0 Å². The predicted octanol–water partition coefficient (Wildman–Crippen LogP) is 2.81. The second-order valence-corrected chi connectivity index (χ2v) is 4.53. The zero-order valence-electron chi connectivity index (χ0n) is 12.8. The van der Waals surface area contributed by atoms with Gasteiger partial charge in [-0.3, -0.25) is 4.99 Å². The van der Waals surface area contributed by atoms with E-state index in [4.69, 9.17) is 9.15 Å². The van der Waals surface area contributed by atoms with Crippen LogP contribution in [0.15, 0.2) is 52.1 Å². The van der Waals surface area contributed by atoms with Crippen molar-refractivity contribution in [2.24, 2.45) is 4.99 Å². The molecule has 2 rings (SSSR count). The first-order valence-electron chi connectivity index (χ1n) is 6.91. The van der Waals surface area contributed by atoms with Gasteiger partial charge in [-0.2, -0.15) is 0 Å². The third-order valence-electron chi connectivity index (χ3n) is 3.07. The summed E-state index contributed by atoms with van der Waals surface area (Å²) in [5.74, 6) is 2.52. The topological polar surface area (TPSA) is 58.8 Å². The molecule has 1 heterocycles. The molecule has 0 bridgehead atoms. The molecule has 0 saturated carbocycles. The lowest BCUT2D eigenvalue weighted by atomic mass is 10.1. The third kappa shape index (κ3) is 5.97. The predicted molar refractivity (Wildman–Crippen MR) is 99.0 cm³/mol. The number of nitrogens with one attached hydrogen (secondary N) is 2. The molecule has 2 N–H and O–H groups in total. The summed E-state index contributed by atoms with van der Waals surface area (Å²) in [7, 11) is 3.43. The van der Waals surface area contributed by atoms with Gasteiger partial charge in [-0.25, -0.2) is 0 Å². The number of guanidine groups is 1. The summed E-state index contributed by atoms with van der Waals surface area (Å²) in [5.41, 5.74) is 1.23. The van der Waals surface area contributed by atoms with E-state index in [-0.39, 0.29) is 24.0 Å². The molecule has 0 saturated heterocycles. The first-order valence-corrected chi connectivity index (χ1v) is 6.91. The first kappa shape index (κ1) is 18.3. The van der Waals surface area contributed by atoms with Gasteiger partial charge in [0.15, 0.2) is 5.96 Å². The van der Waals surface area contributed by atoms with Gasteiger partial charge in [0.1, 0.15) is 11.5 Å². The zero-order chi connectivity index (χ0) is 14.9. The van der Waals surface area contributed by atoms with Crippen LogP contribution < -0.4 is 15.4 Å². The Kier molecular flexibility index (Phi) is 8.42. The van der Waals surface area contributed by atoms with Gasteiger partial charge in [0.05, 0.1) is 19.9 Å². The molecule has 6 heteroatoms. The van der Waals surface area contributed by atoms with E-state index in [0.29, 0.717) is 6.54 Å². The number of benzene rings is 1. The number of hydrogen-bond acceptors (Lipinski definition) is 3. The van der Waals surface area contributed by atoms with Crippen LogP contribution in [0.3, 0.4) is 0 Å². The van der Waals surface area contributed by atoms with Crippen LogP contribution in [0.1, 0.15) is 11.3 Å². The van der Waals surface area contributed by atoms with Gasteiger partial charge in [0, 0.05) is 13.6 Å². The number of rotatable bonds is 6. The molecule has 0 amide bonds. The Bertz CT molecular complexity index is 571. The van der Waals surface area contributed by atoms with Crippen LogP contribution in [0.5, 0.6) is 5.75 Å². The molecule has 0 unspecified atom stereocenters. The Morgan fingerprint density at radius 3 is 2.77 bits per heavy atom. The number of methoxy groups -OCH3 is 1. The van der Waals surface area contributed by atoms with E-state index in [0.717, 1.165) is 30.4 Å². The van der Waals surface area contributed by atoms with E-state index < -0.39 is 0 Å². The number of nitrogens with zero attached hydrogens (tertiary/aromatic N) is 1. The summed E-state index contributed by atoms with van der Waals surface area (Å²) in [5, 5.41) is 6.48. The van der Waals surface area contributed by atoms with Crippen molar-refractivity contribution in [1.82, 2.24) is 10.6 Å². The molecule has 2 aromatic rings. The SMILES string of the molecule is CN=C(NCCc1cccc(OC)c1)NCc1ccco1.I. The maximum Gasteiger partial charge on any atom is 0.191 e. The van der Waals surface area contributed by atoms with E-state index in [1.54, 1.807) is 20.4 Å². The smallest absolute Gasteiger partial charge is 0.191 e. The lowest BCUT2D eigenvalue weighted by Crippen LogP contribution is -2.37. The molecule has 1 aromatic heterocycles. The standard InChI is InChI=1S/C16H21N3O2.HI/c1-17-16(19-12-15-7-4-10-21-15)18-9-8-13-5-3-6-14(11-13)20-2;/h3-7,10-11H,8-9,12H2,1-2H3,(H2,17,18,19);1H. The van der Waals surface area contributed by atoms with Gasteiger partial charge in [0.2, 0.25) is 0 Å². The van der Waals surface area contributed by atoms with Gasteiger partial charge in [0.25, 0.3) is 0 Å². The Morgan fingerprint density at radius 2 is 2.09 bits per heavy atom. The summed E-state index contributed by atoms with van der Waals surface area (Å²) in [6.07, 6.45) is 2.56. The van der Waals surface area contributed by atoms with Gasteiger partial charge in [-0.15, -0.1) is 24.0 Å². The van der Waals surface area contributed by atoms with Crippen molar-refractivity contribution in [3.63, 3.8) is 0 Å². The van der Waals surface area contributed by atoms with Gasteiger partial charge >= 0.3 is 0 Å². The Balaban J connectivity index is 0.00000242. The second-order valence-electron chi connectivity index (χ2n) is 4.53. The average molecular weight is 415 g/mol. The van der Waals surface area contributed by atoms with Crippen LogP contribution >= 0.6 is 24.0 Å². The van der Waals surface area contributed by atoms with Gasteiger partial charge in [-0.05, 0) is 36.2 Å². The first-order chi connectivity index (χ1) is 10.3. The molecule has 0 spiro atoms. The van der Waals surface area contributed by atoms with E-state index in [2.05, 4.69) is 21.7 Å². The number of furan rings is 1. The summed E-state index contributed by atoms with van der Waals surface area (Å²) in [6, 6.07) is 11.9. The minimum Gasteiger partial charge on any atom is -0.497 e. The molecular formula is C16H22IN3O2. The van der Waals surface area contributed by atoms with Crippen LogP contribution in [-0.4, -0.2) is 26.7 Å². The number of ether oxygens (including phenoxy) is 1. The monoisotopic (exact) mass is 415 g/mol. The molecule has 0 aliphatic rings. The minimum absolute atomic E-state index is 0. The fourth-order valence-electron chi connectivity index (χ4n) is 1.96. The summed E-state index contributed by atoms with van der Waals surface area (Å²) >= 11 is 0. The summed E-state index contributed by atoms with van der Waals surface area (Å²) < 4.78 is 10.5. The van der Waals surface area contributed by atoms with Crippen molar-refractivity contribution in [2.75, 3.05) is 20.7 Å². The lowest BCUT2D eigenvalue weighted by Gasteiger charge is -2.11. The molecule has 120 valence electrons. The fraction of sp³-hybridized carbons (Fsp3) is 0.312. The van der Waals surface area contributed by atoms with Gasteiger partial charge in [-0.1, -0.05) is 12.1 Å². The van der Waals surface area contributed by atoms with E-state index in [9.17, 15) is 0 Å². The molecule has 0 aliphatic carbocycles. The normalized spacial score (nSPS) is 10.7. The van der Waals surface area contributed by atoms with Crippen molar-refractivity contribution >= 4 is 29.9 Å². The van der Waals surface area contributed by atoms with E-state index in [1.807, 2.05) is 30.3 Å². The molecule has 5 nitrogen and oxygen atoms in total. The molecule has 1 aromatic carbocycles. The van der Waals surface area contributed by atoms with Crippen molar-refractivity contribution in [1.29, 1.82) is 0 Å². The van der Waals surface area contributed by atoms with Crippen molar-refractivity contribution in [3.05, 3.63) is 54.0 Å². The van der Waals surface area contributed by atoms with Crippen molar-refractivity contribution in [2.45, 2.75) is 13.0 Å². The average Bonchev–Trinajstić information content (AvgIpc) is 3.04. The second kappa shape index (κ2) is 10.1. The maximum absolute atomic E-state index is 5.27. The fourth-order valence-corrected chi connectivity index (χ4v) is 1.96. The van der Waals surface area contributed by atoms with Crippen LogP contribution in [-0.2, 0) is 13.0 Å². The van der Waals surface area contributed by atoms with Gasteiger partial charge < -0.3 is 19.8 Å². The van der Waals surface area contributed by atoms with Crippen LogP contribution in [0.2, 0.25) is 0 Å². The van der Waals surface area contributed by atoms with Crippen LogP contribution in [0, 0.1) is 0 Å². The van der Waals surface area contributed by atoms with Crippen molar-refractivity contribution in [3.8, 4) is 5.75 Å². The Morgan fingerprint density at radius 1 is 1.23 bits per heavy atom. The Labute approximate surface area is 148 Å². The summed E-state index contributed by atoms with van der Waals surface area (Å²) in [6.45, 7) is 1.41. The largest absolute Gasteiger partial charge is 0.497 e. The quantitative estimate of drug-likeness (QED) is 0.433. The van der Waals surface area contributed by atoms with Crippen LogP contribution in [0.25, 0.3) is 0 Å². The van der Waals surface area contributed by atoms with Crippen molar-refractivity contribution < 1.29 is 9.15 Å². The highest BCUT2D eigenvalue weighted by Crippen LogP contribution is 2.12. The Hall–Kier alpha value is -1.70. The molecule has 0 radical (unpaired) electrons. The third-order valence-corrected chi connectivity index (χ3v) is 3.07. The molecule has 0 fully saturated rings. The lowest BCUT2D eigenvalue weighted by molar-refractivity contribution is 0.414. The zero-order valence-corrected chi connectivity index (χ0v) is 15.2. The van der Waals surface area contributed by atoms with E-state index in [1.165, 1.54) is 5.56 Å². The molecule has 0 atom stereocenters. The minimum atomic E-state index is 0. The highest BCUT2D eigenvalue weighted by molar-refractivity contribution is 14.0. The van der Waals surface area contributed by atoms with E-state index >= 15 is 0 Å². The highest BCUT2D eigenvalue weighted by atomic mass is 127. The number of aliphatic imine (C=N–C) groups is 1. The number of halogens is 1. The molecule has 22 heavy (non-hydrogen) atoms. The summed E-state index contributed by atoms with van der Waals surface area (Å²) in [4.78, 5) is 4.18. The highest BCUT2D eigenvalue weighted by Gasteiger charge is 2.00. The molecule has 0 aliphatic heterocycles. The molecular weight excluding hydrogens is 393 g/mol. The number of hydrogen-bond donors (Lipinski definition) is 2.